The lowest BCUT2D eigenvalue weighted by Gasteiger charge is -2.45. The lowest BCUT2D eigenvalue weighted by atomic mass is 9.80. The van der Waals surface area contributed by atoms with E-state index in [0.717, 1.165) is 16.7 Å². The van der Waals surface area contributed by atoms with E-state index in [1.165, 1.54) is 7.11 Å². The molecule has 0 aromatic heterocycles. The molecule has 0 N–H and O–H groups in total. The van der Waals surface area contributed by atoms with Crippen LogP contribution in [0.15, 0.2) is 182 Å². The normalized spacial score (nSPS) is 19.3. The molecule has 9 nitrogen and oxygen atoms in total. The summed E-state index contributed by atoms with van der Waals surface area (Å²) in [5.41, 5.74) is 2.04. The highest BCUT2D eigenvalue weighted by Gasteiger charge is 2.54. The van der Waals surface area contributed by atoms with Gasteiger partial charge < -0.3 is 28.4 Å². The topological polar surface area (TPSA) is 107 Å². The quantitative estimate of drug-likeness (QED) is 0.0659. The minimum atomic E-state index is -1.42. The summed E-state index contributed by atoms with van der Waals surface area (Å²) in [4.78, 5) is 41.4. The standard InChI is InChI=1S/C47H40O9/c1-51-46-42(56-45(50)35-24-12-4-13-25-35)41(55-44(49)34-22-10-3-11-23-34)40(54-43(48)33-20-8-2-9-21-33)39(53-46)32-52-47(36-26-14-5-15-27-36,37-28-16-6-17-29-37)38-30-18-7-19-31-38/h2-31,39-42,46H,32H2,1H3/t39?,40-,41-,42+,46?/m1/s1. The number of rotatable bonds is 13. The summed E-state index contributed by atoms with van der Waals surface area (Å²) in [6.45, 7) is -0.204. The summed E-state index contributed by atoms with van der Waals surface area (Å²) in [6, 6.07) is 54.4. The van der Waals surface area contributed by atoms with Crippen molar-refractivity contribution >= 4 is 17.9 Å². The van der Waals surface area contributed by atoms with Gasteiger partial charge in [-0.15, -0.1) is 0 Å². The highest BCUT2D eigenvalue weighted by Crippen LogP contribution is 2.42. The van der Waals surface area contributed by atoms with Gasteiger partial charge in [-0.05, 0) is 53.1 Å². The van der Waals surface area contributed by atoms with Crippen LogP contribution in [0.4, 0.5) is 0 Å². The second-order valence-corrected chi connectivity index (χ2v) is 13.1. The molecule has 0 amide bonds. The van der Waals surface area contributed by atoms with Gasteiger partial charge in [-0.25, -0.2) is 14.4 Å². The average molecular weight is 749 g/mol. The number of ether oxygens (including phenoxy) is 6. The van der Waals surface area contributed by atoms with Crippen molar-refractivity contribution in [1.29, 1.82) is 0 Å². The van der Waals surface area contributed by atoms with Gasteiger partial charge in [0, 0.05) is 7.11 Å². The van der Waals surface area contributed by atoms with Crippen LogP contribution in [-0.4, -0.2) is 62.3 Å². The molecule has 9 heteroatoms. The fourth-order valence-electron chi connectivity index (χ4n) is 6.88. The van der Waals surface area contributed by atoms with Crippen LogP contribution in [0.3, 0.4) is 0 Å². The number of hydrogen-bond acceptors (Lipinski definition) is 9. The fraction of sp³-hybridized carbons (Fsp3) is 0.170. The number of esters is 3. The monoisotopic (exact) mass is 748 g/mol. The molecular weight excluding hydrogens is 709 g/mol. The van der Waals surface area contributed by atoms with Crippen molar-refractivity contribution in [2.45, 2.75) is 36.3 Å². The van der Waals surface area contributed by atoms with E-state index in [4.69, 9.17) is 28.4 Å². The molecule has 1 heterocycles. The Morgan fingerprint density at radius 2 is 0.786 bits per heavy atom. The van der Waals surface area contributed by atoms with E-state index in [9.17, 15) is 14.4 Å². The number of methoxy groups -OCH3 is 1. The molecule has 0 radical (unpaired) electrons. The van der Waals surface area contributed by atoms with Crippen LogP contribution in [0.1, 0.15) is 47.8 Å². The van der Waals surface area contributed by atoms with Gasteiger partial charge in [0.05, 0.1) is 23.3 Å². The highest BCUT2D eigenvalue weighted by atomic mass is 16.7. The van der Waals surface area contributed by atoms with Gasteiger partial charge in [0.2, 0.25) is 0 Å². The zero-order valence-corrected chi connectivity index (χ0v) is 30.6. The molecule has 6 aromatic rings. The molecule has 1 aliphatic heterocycles. The molecule has 0 bridgehead atoms. The Morgan fingerprint density at radius 1 is 0.464 bits per heavy atom. The molecule has 0 aliphatic carbocycles. The van der Waals surface area contributed by atoms with Crippen LogP contribution in [-0.2, 0) is 34.0 Å². The van der Waals surface area contributed by atoms with E-state index in [-0.39, 0.29) is 23.3 Å². The van der Waals surface area contributed by atoms with Crippen LogP contribution < -0.4 is 0 Å². The second-order valence-electron chi connectivity index (χ2n) is 13.1. The molecule has 0 spiro atoms. The van der Waals surface area contributed by atoms with Crippen molar-refractivity contribution in [3.8, 4) is 0 Å². The van der Waals surface area contributed by atoms with Gasteiger partial charge in [-0.2, -0.15) is 0 Å². The summed E-state index contributed by atoms with van der Waals surface area (Å²) in [5.74, 6) is -2.17. The Labute approximate surface area is 325 Å². The van der Waals surface area contributed by atoms with Gasteiger partial charge in [-0.3, -0.25) is 0 Å². The largest absolute Gasteiger partial charge is 0.452 e. The zero-order valence-electron chi connectivity index (χ0n) is 30.6. The fourth-order valence-corrected chi connectivity index (χ4v) is 6.88. The lowest BCUT2D eigenvalue weighted by Crippen LogP contribution is -2.63. The summed E-state index contributed by atoms with van der Waals surface area (Å²) >= 11 is 0. The van der Waals surface area contributed by atoms with Crippen LogP contribution >= 0.6 is 0 Å². The molecule has 2 unspecified atom stereocenters. The van der Waals surface area contributed by atoms with Crippen molar-refractivity contribution in [3.05, 3.63) is 215 Å². The number of benzene rings is 6. The third kappa shape index (κ3) is 8.30. The average Bonchev–Trinajstić information content (AvgIpc) is 3.27. The lowest BCUT2D eigenvalue weighted by molar-refractivity contribution is -0.296. The Bertz CT molecular complexity index is 2070. The molecule has 5 atom stereocenters. The molecule has 7 rings (SSSR count). The first-order valence-electron chi connectivity index (χ1n) is 18.2. The zero-order chi connectivity index (χ0) is 38.7. The summed E-state index contributed by atoms with van der Waals surface area (Å²) in [6.07, 6.45) is -6.57. The first kappa shape index (κ1) is 37.9. The molecule has 0 saturated carbocycles. The maximum atomic E-state index is 13.9. The van der Waals surface area contributed by atoms with E-state index in [1.54, 1.807) is 91.0 Å². The van der Waals surface area contributed by atoms with Gasteiger partial charge in [-0.1, -0.05) is 146 Å². The maximum absolute atomic E-state index is 13.9. The molecule has 1 aliphatic rings. The van der Waals surface area contributed by atoms with Crippen molar-refractivity contribution < 1.29 is 42.8 Å². The first-order valence-corrected chi connectivity index (χ1v) is 18.2. The Hall–Kier alpha value is -6.39. The summed E-state index contributed by atoms with van der Waals surface area (Å²) < 4.78 is 38.1. The van der Waals surface area contributed by atoms with E-state index < -0.39 is 54.2 Å². The van der Waals surface area contributed by atoms with E-state index >= 15 is 0 Å². The minimum absolute atomic E-state index is 0.204. The Balaban J connectivity index is 1.33. The van der Waals surface area contributed by atoms with Crippen molar-refractivity contribution in [2.75, 3.05) is 13.7 Å². The van der Waals surface area contributed by atoms with Crippen LogP contribution in [0.5, 0.6) is 0 Å². The van der Waals surface area contributed by atoms with E-state index in [1.807, 2.05) is 91.0 Å². The van der Waals surface area contributed by atoms with Crippen molar-refractivity contribution in [3.63, 3.8) is 0 Å². The SMILES string of the molecule is COC1OC(COC(c2ccccc2)(c2ccccc2)c2ccccc2)[C@@H](OC(=O)c2ccccc2)[C@@H](OC(=O)c2ccccc2)[C@@H]1OC(=O)c1ccccc1. The van der Waals surface area contributed by atoms with Gasteiger partial charge in [0.1, 0.15) is 11.7 Å². The molecule has 1 fully saturated rings. The molecule has 6 aromatic carbocycles. The Kier molecular flexibility index (Phi) is 12.1. The van der Waals surface area contributed by atoms with E-state index in [2.05, 4.69) is 0 Å². The third-order valence-corrected chi connectivity index (χ3v) is 9.59. The summed E-state index contributed by atoms with van der Waals surface area (Å²) in [5, 5.41) is 0. The number of carbonyl (C=O) groups excluding carboxylic acids is 3. The third-order valence-electron chi connectivity index (χ3n) is 9.59. The predicted molar refractivity (Wildman–Crippen MR) is 208 cm³/mol. The van der Waals surface area contributed by atoms with E-state index in [0.29, 0.717) is 0 Å². The Morgan fingerprint density at radius 3 is 1.14 bits per heavy atom. The van der Waals surface area contributed by atoms with Crippen molar-refractivity contribution in [2.24, 2.45) is 0 Å². The van der Waals surface area contributed by atoms with Gasteiger partial charge in [0.25, 0.3) is 0 Å². The number of hydrogen-bond donors (Lipinski definition) is 0. The van der Waals surface area contributed by atoms with Crippen LogP contribution in [0, 0.1) is 0 Å². The minimum Gasteiger partial charge on any atom is -0.452 e. The van der Waals surface area contributed by atoms with Gasteiger partial charge >= 0.3 is 17.9 Å². The van der Waals surface area contributed by atoms with Crippen LogP contribution in [0.25, 0.3) is 0 Å². The highest BCUT2D eigenvalue weighted by molar-refractivity contribution is 5.91. The molecule has 1 saturated heterocycles. The van der Waals surface area contributed by atoms with Gasteiger partial charge in [0.15, 0.2) is 24.6 Å². The molecule has 282 valence electrons. The summed E-state index contributed by atoms with van der Waals surface area (Å²) in [7, 11) is 1.39. The maximum Gasteiger partial charge on any atom is 0.338 e. The number of carbonyl (C=O) groups is 3. The molecule has 56 heavy (non-hydrogen) atoms. The second kappa shape index (κ2) is 17.8. The predicted octanol–water partition coefficient (Wildman–Crippen LogP) is 8.04. The van der Waals surface area contributed by atoms with Crippen LogP contribution in [0.2, 0.25) is 0 Å². The smallest absolute Gasteiger partial charge is 0.338 e. The van der Waals surface area contributed by atoms with Crippen molar-refractivity contribution in [1.82, 2.24) is 0 Å². The first-order chi connectivity index (χ1) is 27.5. The molecular formula is C47H40O9.